The molecule has 0 aliphatic heterocycles. The van der Waals surface area contributed by atoms with Gasteiger partial charge in [0.15, 0.2) is 8.07 Å². The molecule has 0 aliphatic carbocycles. The van der Waals surface area contributed by atoms with Gasteiger partial charge in [0.1, 0.15) is 0 Å². The van der Waals surface area contributed by atoms with Crippen LogP contribution in [0.4, 0.5) is 0 Å². The Morgan fingerprint density at radius 3 is 0.747 bits per heavy atom. The second kappa shape index (κ2) is 18.5. The molecule has 2 nitrogen and oxygen atoms in total. The van der Waals surface area contributed by atoms with Gasteiger partial charge < -0.3 is 9.13 Å². The Morgan fingerprint density at radius 2 is 0.413 bits per heavy atom. The van der Waals surface area contributed by atoms with Crippen LogP contribution in [0.25, 0.3) is 98.1 Å². The molecule has 0 atom stereocenters. The zero-order chi connectivity index (χ0) is 49.7. The molecule has 2 heterocycles. The van der Waals surface area contributed by atoms with Crippen LogP contribution in [-0.4, -0.2) is 17.2 Å². The summed E-state index contributed by atoms with van der Waals surface area (Å²) in [7, 11) is -3.27. The van der Waals surface area contributed by atoms with Crippen molar-refractivity contribution in [3.05, 3.63) is 303 Å². The van der Waals surface area contributed by atoms with Crippen molar-refractivity contribution < 1.29 is 0 Å². The molecule has 0 N–H and O–H groups in total. The molecule has 0 saturated carbocycles. The zero-order valence-corrected chi connectivity index (χ0v) is 42.3. The lowest BCUT2D eigenvalue weighted by Crippen LogP contribution is -2.74. The molecule has 2 aromatic heterocycles. The third-order valence-corrected chi connectivity index (χ3v) is 20.3. The van der Waals surface area contributed by atoms with E-state index >= 15 is 0 Å². The fourth-order valence-corrected chi connectivity index (χ4v) is 17.1. The Morgan fingerprint density at radius 1 is 0.173 bits per heavy atom. The maximum absolute atomic E-state index is 3.27. The number of hydrogen-bond acceptors (Lipinski definition) is 0. The summed E-state index contributed by atoms with van der Waals surface area (Å²) in [6, 6.07) is 113. The summed E-state index contributed by atoms with van der Waals surface area (Å²) in [5.41, 5.74) is 6.73. The van der Waals surface area contributed by atoms with E-state index in [0.717, 1.165) is 33.4 Å². The first kappa shape index (κ1) is 44.2. The second-order valence-electron chi connectivity index (χ2n) is 19.5. The fraction of sp³-hybridized carbons (Fsp3) is 0. The van der Waals surface area contributed by atoms with Gasteiger partial charge in [-0.15, -0.1) is 0 Å². The summed E-state index contributed by atoms with van der Waals surface area (Å²) < 4.78 is 4.97. The Balaban J connectivity index is 1.21. The minimum atomic E-state index is -3.27. The monoisotopic (exact) mass is 970 g/mol. The lowest BCUT2D eigenvalue weighted by molar-refractivity contribution is 1.17. The molecule has 0 fully saturated rings. The standard InChI is InChI=1S/C72H50N2Si/c1-5-25-51(26-6-1)73-69-43-23-21-41-65(69)61-37-17-13-33-57(61)59-35-15-19-39-63(59)67-49-55(45-47-71(67)73)75(53-29-9-3-10-30-53,54-31-11-4-12-32-54)56-46-48-72-68(50-56)64-40-20-16-36-60(64)58-34-14-18-38-62(58)66-42-22-24-44-70(66)74(72)52-27-7-2-8-28-52/h1-50H. The van der Waals surface area contributed by atoms with Crippen molar-refractivity contribution in [2.45, 2.75) is 0 Å². The second-order valence-corrected chi connectivity index (χ2v) is 23.3. The van der Waals surface area contributed by atoms with Crippen molar-refractivity contribution in [2.24, 2.45) is 0 Å². The van der Waals surface area contributed by atoms with Gasteiger partial charge in [0.05, 0.1) is 22.1 Å². The summed E-state index contributed by atoms with van der Waals surface area (Å²) in [6.45, 7) is 0. The molecule has 352 valence electrons. The van der Waals surface area contributed by atoms with Gasteiger partial charge in [-0.2, -0.15) is 0 Å². The van der Waals surface area contributed by atoms with Crippen molar-refractivity contribution in [3.8, 4) is 11.4 Å². The highest BCUT2D eigenvalue weighted by molar-refractivity contribution is 7.20. The first-order chi connectivity index (χ1) is 37.3. The fourth-order valence-electron chi connectivity index (χ4n) is 12.3. The van der Waals surface area contributed by atoms with E-state index in [1.54, 1.807) is 0 Å². The largest absolute Gasteiger partial charge is 0.309 e. The van der Waals surface area contributed by atoms with Crippen molar-refractivity contribution in [1.29, 1.82) is 0 Å². The molecule has 0 saturated heterocycles. The number of benzene rings is 12. The van der Waals surface area contributed by atoms with E-state index in [9.17, 15) is 0 Å². The number of para-hydroxylation sites is 4. The highest BCUT2D eigenvalue weighted by Crippen LogP contribution is 2.37. The predicted octanol–water partition coefficient (Wildman–Crippen LogP) is 16.1. The van der Waals surface area contributed by atoms with Crippen LogP contribution in [0.15, 0.2) is 303 Å². The maximum Gasteiger partial charge on any atom is 0.179 e. The van der Waals surface area contributed by atoms with E-state index in [1.807, 2.05) is 0 Å². The molecular formula is C72H50N2Si. The third kappa shape index (κ3) is 7.23. The van der Waals surface area contributed by atoms with Gasteiger partial charge in [-0.1, -0.05) is 255 Å². The molecule has 0 spiro atoms. The van der Waals surface area contributed by atoms with Crippen LogP contribution in [0.1, 0.15) is 0 Å². The van der Waals surface area contributed by atoms with Gasteiger partial charge in [-0.3, -0.25) is 0 Å². The zero-order valence-electron chi connectivity index (χ0n) is 41.3. The predicted molar refractivity (Wildman–Crippen MR) is 324 cm³/mol. The first-order valence-corrected chi connectivity index (χ1v) is 27.9. The van der Waals surface area contributed by atoms with E-state index in [-0.39, 0.29) is 0 Å². The van der Waals surface area contributed by atoms with Gasteiger partial charge in [-0.05, 0) is 112 Å². The molecular weight excluding hydrogens is 921 g/mol. The quantitative estimate of drug-likeness (QED) is 0.116. The van der Waals surface area contributed by atoms with Gasteiger partial charge in [-0.25, -0.2) is 0 Å². The Bertz CT molecular complexity index is 4340. The van der Waals surface area contributed by atoms with Crippen LogP contribution in [-0.2, 0) is 0 Å². The number of nitrogens with zero attached hydrogens (tertiary/aromatic N) is 2. The summed E-state index contributed by atoms with van der Waals surface area (Å²) in [6.07, 6.45) is 0. The minimum Gasteiger partial charge on any atom is -0.309 e. The number of rotatable bonds is 6. The highest BCUT2D eigenvalue weighted by Gasteiger charge is 2.42. The van der Waals surface area contributed by atoms with E-state index in [4.69, 9.17) is 0 Å². The van der Waals surface area contributed by atoms with E-state index in [1.165, 1.54) is 85.4 Å². The van der Waals surface area contributed by atoms with Gasteiger partial charge in [0, 0.05) is 32.9 Å². The van der Waals surface area contributed by atoms with Crippen molar-refractivity contribution >= 4 is 116 Å². The van der Waals surface area contributed by atoms with Gasteiger partial charge >= 0.3 is 0 Å². The van der Waals surface area contributed by atoms with Crippen LogP contribution < -0.4 is 20.7 Å². The van der Waals surface area contributed by atoms with Crippen LogP contribution in [0.2, 0.25) is 0 Å². The Hall–Kier alpha value is -9.54. The van der Waals surface area contributed by atoms with Gasteiger partial charge in [0.25, 0.3) is 0 Å². The molecule has 75 heavy (non-hydrogen) atoms. The lowest BCUT2D eigenvalue weighted by atomic mass is 10.0. The number of aromatic nitrogens is 2. The van der Waals surface area contributed by atoms with Crippen molar-refractivity contribution in [2.75, 3.05) is 0 Å². The van der Waals surface area contributed by atoms with Crippen LogP contribution in [0.3, 0.4) is 0 Å². The molecule has 12 aromatic carbocycles. The Kier molecular flexibility index (Phi) is 10.9. The lowest BCUT2D eigenvalue weighted by Gasteiger charge is -2.35. The smallest absolute Gasteiger partial charge is 0.179 e. The third-order valence-electron chi connectivity index (χ3n) is 15.5. The summed E-state index contributed by atoms with van der Waals surface area (Å²) in [5, 5.41) is 19.6. The average molecular weight is 971 g/mol. The molecule has 0 amide bonds. The van der Waals surface area contributed by atoms with E-state index in [2.05, 4.69) is 312 Å². The molecule has 0 bridgehead atoms. The first-order valence-electron chi connectivity index (χ1n) is 25.9. The Labute approximate surface area is 436 Å². The topological polar surface area (TPSA) is 9.86 Å². The molecule has 14 rings (SSSR count). The number of fused-ring (bicyclic) bond motifs is 14. The normalized spacial score (nSPS) is 11.7. The van der Waals surface area contributed by atoms with E-state index < -0.39 is 8.07 Å². The molecule has 0 radical (unpaired) electrons. The van der Waals surface area contributed by atoms with Crippen molar-refractivity contribution in [3.63, 3.8) is 0 Å². The maximum atomic E-state index is 2.57. The number of hydrogen-bond donors (Lipinski definition) is 0. The van der Waals surface area contributed by atoms with Crippen LogP contribution in [0, 0.1) is 0 Å². The summed E-state index contributed by atoms with van der Waals surface area (Å²) in [4.78, 5) is 0. The van der Waals surface area contributed by atoms with Crippen molar-refractivity contribution in [1.82, 2.24) is 9.13 Å². The summed E-state index contributed by atoms with van der Waals surface area (Å²) >= 11 is 0. The molecule has 14 aromatic rings. The minimum absolute atomic E-state index is 1.10. The van der Waals surface area contributed by atoms with Crippen LogP contribution in [0.5, 0.6) is 0 Å². The SMILES string of the molecule is c1ccc(-n2c3ccccc3c3ccccc3c3ccccc3c3cc([Si](c4ccccc4)(c4ccccc4)c4ccc5c(c4)c4ccccc4c4ccccc4c4ccccc4n5-c4ccccc4)ccc32)cc1. The average Bonchev–Trinajstić information content (AvgIpc) is 3.56. The van der Waals surface area contributed by atoms with Gasteiger partial charge in [0.2, 0.25) is 0 Å². The summed E-state index contributed by atoms with van der Waals surface area (Å²) in [5.74, 6) is 0. The highest BCUT2D eigenvalue weighted by atomic mass is 28.3. The molecule has 3 heteroatoms. The molecule has 0 unspecified atom stereocenters. The van der Waals surface area contributed by atoms with Crippen LogP contribution >= 0.6 is 0 Å². The van der Waals surface area contributed by atoms with E-state index in [0.29, 0.717) is 0 Å². The molecule has 0 aliphatic rings.